The summed E-state index contributed by atoms with van der Waals surface area (Å²) in [4.78, 5) is 3.99. The molecular formula is C24H25F3N4OS. The predicted molar refractivity (Wildman–Crippen MR) is 122 cm³/mol. The van der Waals surface area contributed by atoms with Gasteiger partial charge in [0.25, 0.3) is 0 Å². The Hall–Kier alpha value is -2.49. The minimum Gasteiger partial charge on any atom is -0.381 e. The van der Waals surface area contributed by atoms with E-state index < -0.39 is 17.5 Å². The van der Waals surface area contributed by atoms with Crippen molar-refractivity contribution >= 4 is 17.2 Å². The molecule has 2 aliphatic rings. The van der Waals surface area contributed by atoms with Gasteiger partial charge in [0.1, 0.15) is 11.6 Å². The molecule has 0 spiro atoms. The number of nitrogens with zero attached hydrogens (tertiary/aromatic N) is 3. The van der Waals surface area contributed by atoms with Gasteiger partial charge in [0, 0.05) is 55.9 Å². The summed E-state index contributed by atoms with van der Waals surface area (Å²) in [5.74, 6) is -1.99. The molecule has 33 heavy (non-hydrogen) atoms. The van der Waals surface area contributed by atoms with E-state index in [-0.39, 0.29) is 11.3 Å². The minimum absolute atomic E-state index is 0.0778. The summed E-state index contributed by atoms with van der Waals surface area (Å²) in [5.41, 5.74) is 2.50. The van der Waals surface area contributed by atoms with Gasteiger partial charge in [-0.1, -0.05) is 0 Å². The van der Waals surface area contributed by atoms with E-state index in [9.17, 15) is 13.2 Å². The molecule has 5 nitrogen and oxygen atoms in total. The molecule has 0 unspecified atom stereocenters. The van der Waals surface area contributed by atoms with Crippen molar-refractivity contribution < 1.29 is 17.9 Å². The number of hydrogen-bond acceptors (Lipinski definition) is 6. The van der Waals surface area contributed by atoms with E-state index in [0.717, 1.165) is 64.1 Å². The van der Waals surface area contributed by atoms with Crippen LogP contribution in [0, 0.1) is 23.4 Å². The SMILES string of the molecule is Fc1cc(F)c(F)c(-c2ccc(NCc3csc4c3CCN(CC3CCOCC3)C4)nn2)c1. The third-order valence-corrected chi connectivity index (χ3v) is 7.43. The van der Waals surface area contributed by atoms with E-state index in [1.165, 1.54) is 22.1 Å². The number of nitrogens with one attached hydrogen (secondary N) is 1. The molecule has 0 atom stereocenters. The average molecular weight is 475 g/mol. The number of ether oxygens (including phenoxy) is 1. The zero-order valence-electron chi connectivity index (χ0n) is 18.1. The Balaban J connectivity index is 1.20. The summed E-state index contributed by atoms with van der Waals surface area (Å²) in [6, 6.07) is 4.56. The van der Waals surface area contributed by atoms with Crippen LogP contribution in [0.5, 0.6) is 0 Å². The molecule has 4 heterocycles. The van der Waals surface area contributed by atoms with Crippen molar-refractivity contribution in [3.05, 3.63) is 63.1 Å². The maximum atomic E-state index is 14.0. The number of thiophene rings is 1. The highest BCUT2D eigenvalue weighted by Gasteiger charge is 2.24. The Morgan fingerprint density at radius 1 is 1.12 bits per heavy atom. The first-order valence-corrected chi connectivity index (χ1v) is 12.1. The van der Waals surface area contributed by atoms with Gasteiger partial charge in [0.05, 0.1) is 5.69 Å². The molecule has 1 aromatic carbocycles. The zero-order chi connectivity index (χ0) is 22.8. The molecule has 1 N–H and O–H groups in total. The molecule has 1 saturated heterocycles. The molecule has 0 bridgehead atoms. The Morgan fingerprint density at radius 3 is 2.76 bits per heavy atom. The van der Waals surface area contributed by atoms with Gasteiger partial charge in [-0.05, 0) is 59.9 Å². The van der Waals surface area contributed by atoms with Crippen molar-refractivity contribution in [3.63, 3.8) is 0 Å². The van der Waals surface area contributed by atoms with Gasteiger partial charge in [0.15, 0.2) is 11.6 Å². The monoisotopic (exact) mass is 474 g/mol. The van der Waals surface area contributed by atoms with Crippen molar-refractivity contribution in [1.82, 2.24) is 15.1 Å². The van der Waals surface area contributed by atoms with Gasteiger partial charge in [-0.2, -0.15) is 0 Å². The van der Waals surface area contributed by atoms with Crippen LogP contribution in [0.3, 0.4) is 0 Å². The Labute approximate surface area is 194 Å². The first-order chi connectivity index (χ1) is 16.1. The normalized spacial score (nSPS) is 17.2. The van der Waals surface area contributed by atoms with E-state index in [2.05, 4.69) is 25.8 Å². The highest BCUT2D eigenvalue weighted by molar-refractivity contribution is 7.10. The predicted octanol–water partition coefficient (Wildman–Crippen LogP) is 5.02. The number of hydrogen-bond donors (Lipinski definition) is 1. The Morgan fingerprint density at radius 2 is 1.97 bits per heavy atom. The van der Waals surface area contributed by atoms with Crippen LogP contribution < -0.4 is 5.32 Å². The third-order valence-electron chi connectivity index (χ3n) is 6.36. The lowest BCUT2D eigenvalue weighted by Gasteiger charge is -2.32. The highest BCUT2D eigenvalue weighted by Crippen LogP contribution is 2.31. The summed E-state index contributed by atoms with van der Waals surface area (Å²) < 4.78 is 46.4. The van der Waals surface area contributed by atoms with Crippen molar-refractivity contribution in [2.45, 2.75) is 32.4 Å². The fraction of sp³-hybridized carbons (Fsp3) is 0.417. The molecule has 174 valence electrons. The fourth-order valence-electron chi connectivity index (χ4n) is 4.55. The van der Waals surface area contributed by atoms with Crippen LogP contribution in [-0.4, -0.2) is 41.4 Å². The van der Waals surface area contributed by atoms with Crippen LogP contribution in [-0.2, 0) is 24.2 Å². The van der Waals surface area contributed by atoms with E-state index in [4.69, 9.17) is 4.74 Å². The lowest BCUT2D eigenvalue weighted by atomic mass is 9.97. The second-order valence-corrected chi connectivity index (χ2v) is 9.57. The van der Waals surface area contributed by atoms with Gasteiger partial charge in [0.2, 0.25) is 0 Å². The zero-order valence-corrected chi connectivity index (χ0v) is 18.9. The van der Waals surface area contributed by atoms with Crippen molar-refractivity contribution in [2.24, 2.45) is 5.92 Å². The maximum Gasteiger partial charge on any atom is 0.168 e. The molecule has 0 aliphatic carbocycles. The highest BCUT2D eigenvalue weighted by atomic mass is 32.1. The summed E-state index contributed by atoms with van der Waals surface area (Å²) in [6.45, 7) is 5.60. The van der Waals surface area contributed by atoms with Crippen molar-refractivity contribution in [3.8, 4) is 11.3 Å². The van der Waals surface area contributed by atoms with E-state index in [1.54, 1.807) is 17.4 Å². The first-order valence-electron chi connectivity index (χ1n) is 11.2. The van der Waals surface area contributed by atoms with Gasteiger partial charge in [-0.3, -0.25) is 4.90 Å². The van der Waals surface area contributed by atoms with Gasteiger partial charge in [-0.15, -0.1) is 21.5 Å². The molecule has 0 radical (unpaired) electrons. The molecule has 1 fully saturated rings. The number of aromatic nitrogens is 2. The largest absolute Gasteiger partial charge is 0.381 e. The molecule has 9 heteroatoms. The third kappa shape index (κ3) is 5.05. The number of anilines is 1. The van der Waals surface area contributed by atoms with E-state index in [1.807, 2.05) is 0 Å². The number of benzene rings is 1. The number of halogens is 3. The van der Waals surface area contributed by atoms with Crippen molar-refractivity contribution in [2.75, 3.05) is 31.6 Å². The van der Waals surface area contributed by atoms with E-state index in [0.29, 0.717) is 18.4 Å². The number of fused-ring (bicyclic) bond motifs is 1. The second kappa shape index (κ2) is 9.79. The topological polar surface area (TPSA) is 50.3 Å². The van der Waals surface area contributed by atoms with Gasteiger partial charge >= 0.3 is 0 Å². The van der Waals surface area contributed by atoms with Gasteiger partial charge < -0.3 is 10.1 Å². The minimum atomic E-state index is -1.25. The van der Waals surface area contributed by atoms with Crippen LogP contribution in [0.15, 0.2) is 29.6 Å². The molecule has 0 amide bonds. The average Bonchev–Trinajstić information content (AvgIpc) is 3.23. The molecule has 5 rings (SSSR count). The molecular weight excluding hydrogens is 449 g/mol. The fourth-order valence-corrected chi connectivity index (χ4v) is 5.69. The lowest BCUT2D eigenvalue weighted by Crippen LogP contribution is -2.36. The summed E-state index contributed by atoms with van der Waals surface area (Å²) in [5, 5.41) is 13.5. The Kier molecular flexibility index (Phi) is 6.62. The van der Waals surface area contributed by atoms with Crippen LogP contribution in [0.2, 0.25) is 0 Å². The van der Waals surface area contributed by atoms with Crippen LogP contribution >= 0.6 is 11.3 Å². The molecule has 3 aromatic rings. The smallest absolute Gasteiger partial charge is 0.168 e. The standard InChI is InChI=1S/C24H25F3N4OS/c25-17-9-19(24(27)20(26)10-17)21-1-2-23(30-29-21)28-11-16-14-33-22-13-31(6-3-18(16)22)12-15-4-7-32-8-5-15/h1-2,9-10,14-15H,3-8,11-13H2,(H,28,30). The number of rotatable bonds is 6. The van der Waals surface area contributed by atoms with E-state index >= 15 is 0 Å². The van der Waals surface area contributed by atoms with Gasteiger partial charge in [-0.25, -0.2) is 13.2 Å². The van der Waals surface area contributed by atoms with Crippen LogP contribution in [0.4, 0.5) is 19.0 Å². The summed E-state index contributed by atoms with van der Waals surface area (Å²) >= 11 is 1.80. The van der Waals surface area contributed by atoms with Crippen LogP contribution in [0.25, 0.3) is 11.3 Å². The molecule has 2 aliphatic heterocycles. The quantitative estimate of drug-likeness (QED) is 0.509. The van der Waals surface area contributed by atoms with Crippen LogP contribution in [0.1, 0.15) is 28.8 Å². The maximum absolute atomic E-state index is 14.0. The second-order valence-electron chi connectivity index (χ2n) is 8.61. The Bertz CT molecular complexity index is 1120. The lowest BCUT2D eigenvalue weighted by molar-refractivity contribution is 0.0508. The van der Waals surface area contributed by atoms with Crippen molar-refractivity contribution in [1.29, 1.82) is 0 Å². The summed E-state index contributed by atoms with van der Waals surface area (Å²) in [7, 11) is 0. The first kappa shape index (κ1) is 22.3. The molecule has 2 aromatic heterocycles. The molecule has 0 saturated carbocycles. The summed E-state index contributed by atoms with van der Waals surface area (Å²) in [6.07, 6.45) is 3.35.